The van der Waals surface area contributed by atoms with Crippen LogP contribution in [0.3, 0.4) is 0 Å². The molecule has 0 aromatic rings. The van der Waals surface area contributed by atoms with Crippen molar-refractivity contribution < 1.29 is 14.3 Å². The lowest BCUT2D eigenvalue weighted by molar-refractivity contribution is -0.104. The molecule has 0 aromatic heterocycles. The molecule has 0 bridgehead atoms. The van der Waals surface area contributed by atoms with E-state index in [0.717, 1.165) is 6.29 Å². The van der Waals surface area contributed by atoms with E-state index in [2.05, 4.69) is 33.9 Å². The van der Waals surface area contributed by atoms with Crippen LogP contribution in [0.5, 0.6) is 0 Å². The Balaban J connectivity index is 4.02. The Kier molecular flexibility index (Phi) is 7.03. The van der Waals surface area contributed by atoms with E-state index in [1.165, 1.54) is 0 Å². The van der Waals surface area contributed by atoms with Gasteiger partial charge in [0.25, 0.3) is 0 Å². The lowest BCUT2D eigenvalue weighted by Crippen LogP contribution is -2.41. The predicted molar refractivity (Wildman–Crippen MR) is 78.2 cm³/mol. The molecule has 0 amide bonds. The maximum Gasteiger partial charge on any atom is 0.191 e. The van der Waals surface area contributed by atoms with Gasteiger partial charge in [-0.1, -0.05) is 26.8 Å². The average Bonchev–Trinajstić information content (AvgIpc) is 2.24. The molecule has 4 heteroatoms. The first-order valence-corrected chi connectivity index (χ1v) is 9.45. The summed E-state index contributed by atoms with van der Waals surface area (Å²) in [4.78, 5) is 10.4. The summed E-state index contributed by atoms with van der Waals surface area (Å²) in [5.74, 6) is 0. The third kappa shape index (κ3) is 6.47. The first-order valence-electron chi connectivity index (χ1n) is 6.54. The van der Waals surface area contributed by atoms with Crippen LogP contribution in [0.25, 0.3) is 0 Å². The van der Waals surface area contributed by atoms with Crippen molar-refractivity contribution in [2.24, 2.45) is 0 Å². The zero-order valence-corrected chi connectivity index (χ0v) is 13.6. The van der Waals surface area contributed by atoms with Crippen molar-refractivity contribution in [1.29, 1.82) is 0 Å². The van der Waals surface area contributed by atoms with Crippen molar-refractivity contribution in [3.05, 3.63) is 11.6 Å². The Morgan fingerprint density at radius 2 is 1.94 bits per heavy atom. The number of aldehydes is 1. The second-order valence-electron chi connectivity index (χ2n) is 6.35. The molecule has 0 rings (SSSR count). The van der Waals surface area contributed by atoms with Crippen molar-refractivity contribution in [3.8, 4) is 0 Å². The summed E-state index contributed by atoms with van der Waals surface area (Å²) in [5, 5.41) is 9.97. The van der Waals surface area contributed by atoms with Gasteiger partial charge in [0.2, 0.25) is 0 Å². The van der Waals surface area contributed by atoms with E-state index in [0.29, 0.717) is 25.0 Å². The lowest BCUT2D eigenvalue weighted by Gasteiger charge is -2.36. The predicted octanol–water partition coefficient (Wildman–Crippen LogP) is 3.29. The number of carbonyl (C=O) groups is 1. The minimum atomic E-state index is -1.71. The Labute approximate surface area is 112 Å². The van der Waals surface area contributed by atoms with Gasteiger partial charge in [0.05, 0.1) is 6.10 Å². The lowest BCUT2D eigenvalue weighted by atomic mass is 10.1. The highest BCUT2D eigenvalue weighted by Gasteiger charge is 2.36. The minimum absolute atomic E-state index is 0.200. The zero-order chi connectivity index (χ0) is 14.4. The van der Waals surface area contributed by atoms with E-state index in [-0.39, 0.29) is 5.04 Å². The molecule has 1 N–H and O–H groups in total. The Morgan fingerprint density at radius 3 is 2.39 bits per heavy atom. The first-order chi connectivity index (χ1) is 8.10. The maximum atomic E-state index is 10.4. The highest BCUT2D eigenvalue weighted by Crippen LogP contribution is 2.36. The van der Waals surface area contributed by atoms with Gasteiger partial charge in [0.15, 0.2) is 8.32 Å². The van der Waals surface area contributed by atoms with Gasteiger partial charge in [0, 0.05) is 6.61 Å². The van der Waals surface area contributed by atoms with Gasteiger partial charge in [-0.3, -0.25) is 4.79 Å². The Bertz CT molecular complexity index is 290. The number of carbonyl (C=O) groups excluding carboxylic acids is 1. The smallest absolute Gasteiger partial charge is 0.191 e. The largest absolute Gasteiger partial charge is 0.417 e. The van der Waals surface area contributed by atoms with Crippen LogP contribution >= 0.6 is 0 Å². The van der Waals surface area contributed by atoms with Crippen molar-refractivity contribution in [1.82, 2.24) is 0 Å². The van der Waals surface area contributed by atoms with E-state index in [4.69, 9.17) is 4.43 Å². The molecule has 0 heterocycles. The molecule has 0 fully saturated rings. The standard InChI is InChI=1S/C14H28O3Si/c1-12(11-15)7-8-13(16)9-10-17-18(5,6)14(2,3)4/h7,11,13,16H,8-10H2,1-6H3/b12-7+/t13-/m1/s1. The van der Waals surface area contributed by atoms with Crippen LogP contribution in [0, 0.1) is 0 Å². The second-order valence-corrected chi connectivity index (χ2v) is 11.2. The average molecular weight is 272 g/mol. The van der Waals surface area contributed by atoms with E-state index in [1.807, 2.05) is 0 Å². The molecular weight excluding hydrogens is 244 g/mol. The number of hydrogen-bond acceptors (Lipinski definition) is 3. The highest BCUT2D eigenvalue weighted by molar-refractivity contribution is 6.74. The van der Waals surface area contributed by atoms with Crippen molar-refractivity contribution >= 4 is 14.6 Å². The third-order valence-corrected chi connectivity index (χ3v) is 8.16. The monoisotopic (exact) mass is 272 g/mol. The second kappa shape index (κ2) is 7.21. The molecular formula is C14H28O3Si. The number of hydrogen-bond donors (Lipinski definition) is 1. The molecule has 0 spiro atoms. The van der Waals surface area contributed by atoms with Gasteiger partial charge in [-0.25, -0.2) is 0 Å². The molecule has 1 atom stereocenters. The molecule has 0 saturated carbocycles. The van der Waals surface area contributed by atoms with Gasteiger partial charge < -0.3 is 9.53 Å². The zero-order valence-electron chi connectivity index (χ0n) is 12.6. The van der Waals surface area contributed by atoms with Gasteiger partial charge in [-0.05, 0) is 43.5 Å². The van der Waals surface area contributed by atoms with Crippen molar-refractivity contribution in [2.75, 3.05) is 6.61 Å². The van der Waals surface area contributed by atoms with Crippen LogP contribution in [0.4, 0.5) is 0 Å². The van der Waals surface area contributed by atoms with E-state index >= 15 is 0 Å². The molecule has 18 heavy (non-hydrogen) atoms. The molecule has 0 radical (unpaired) electrons. The number of aliphatic hydroxyl groups excluding tert-OH is 1. The molecule has 0 aromatic carbocycles. The summed E-state index contributed by atoms with van der Waals surface area (Å²) in [6.45, 7) is 13.3. The molecule has 0 aliphatic heterocycles. The SMILES string of the molecule is C/C(C=O)=C\C[C@@H](O)CCO[Si](C)(C)C(C)(C)C. The topological polar surface area (TPSA) is 46.5 Å². The van der Waals surface area contributed by atoms with Crippen LogP contribution < -0.4 is 0 Å². The van der Waals surface area contributed by atoms with Crippen LogP contribution in [-0.2, 0) is 9.22 Å². The molecule has 0 aliphatic carbocycles. The molecule has 0 saturated heterocycles. The van der Waals surface area contributed by atoms with Gasteiger partial charge >= 0.3 is 0 Å². The summed E-state index contributed by atoms with van der Waals surface area (Å²) >= 11 is 0. The van der Waals surface area contributed by atoms with E-state index < -0.39 is 14.4 Å². The minimum Gasteiger partial charge on any atom is -0.417 e. The summed E-state index contributed by atoms with van der Waals surface area (Å²) in [6.07, 6.45) is 3.29. The number of aliphatic hydroxyl groups is 1. The molecule has 3 nitrogen and oxygen atoms in total. The fourth-order valence-electron chi connectivity index (χ4n) is 1.15. The van der Waals surface area contributed by atoms with Crippen molar-refractivity contribution in [3.63, 3.8) is 0 Å². The Hall–Kier alpha value is -0.453. The first kappa shape index (κ1) is 17.5. The van der Waals surface area contributed by atoms with Crippen LogP contribution in [0.2, 0.25) is 18.1 Å². The summed E-state index contributed by atoms with van der Waals surface area (Å²) in [7, 11) is -1.71. The van der Waals surface area contributed by atoms with Gasteiger partial charge in [0.1, 0.15) is 6.29 Å². The third-order valence-electron chi connectivity index (χ3n) is 3.62. The number of allylic oxidation sites excluding steroid dienone is 1. The summed E-state index contributed by atoms with van der Waals surface area (Å²) < 4.78 is 5.99. The van der Waals surface area contributed by atoms with Gasteiger partial charge in [-0.2, -0.15) is 0 Å². The molecule has 0 aliphatic rings. The highest BCUT2D eigenvalue weighted by atomic mass is 28.4. The Morgan fingerprint density at radius 1 is 1.39 bits per heavy atom. The summed E-state index contributed by atoms with van der Waals surface area (Å²) in [5.41, 5.74) is 0.666. The van der Waals surface area contributed by atoms with Crippen LogP contribution in [0.1, 0.15) is 40.5 Å². The quantitative estimate of drug-likeness (QED) is 0.439. The fourth-order valence-corrected chi connectivity index (χ4v) is 2.22. The van der Waals surface area contributed by atoms with Crippen LogP contribution in [0.15, 0.2) is 11.6 Å². The van der Waals surface area contributed by atoms with E-state index in [1.54, 1.807) is 13.0 Å². The maximum absolute atomic E-state index is 10.4. The van der Waals surface area contributed by atoms with Gasteiger partial charge in [-0.15, -0.1) is 0 Å². The molecule has 106 valence electrons. The summed E-state index contributed by atoms with van der Waals surface area (Å²) in [6, 6.07) is 0. The van der Waals surface area contributed by atoms with Crippen molar-refractivity contribution in [2.45, 2.75) is 64.8 Å². The fraction of sp³-hybridized carbons (Fsp3) is 0.786. The normalized spacial score (nSPS) is 15.6. The van der Waals surface area contributed by atoms with Crippen LogP contribution in [-0.4, -0.2) is 32.4 Å². The number of rotatable bonds is 7. The molecule has 0 unspecified atom stereocenters. The van der Waals surface area contributed by atoms with E-state index in [9.17, 15) is 9.90 Å².